The van der Waals surface area contributed by atoms with Crippen molar-refractivity contribution in [1.29, 1.82) is 0 Å². The highest BCUT2D eigenvalue weighted by Gasteiger charge is 2.22. The summed E-state index contributed by atoms with van der Waals surface area (Å²) in [6.45, 7) is 5.97. The van der Waals surface area contributed by atoms with E-state index in [-0.39, 0.29) is 16.8 Å². The number of anilines is 1. The zero-order valence-corrected chi connectivity index (χ0v) is 19.1. The van der Waals surface area contributed by atoms with E-state index in [0.29, 0.717) is 11.3 Å². The summed E-state index contributed by atoms with van der Waals surface area (Å²) in [6, 6.07) is 21.2. The SMILES string of the molecule is CCC(NC(=O)c1ccc(N(C)S(=O)(=O)c2ccc(C)cc2)cc1)c1ccccc1C. The summed E-state index contributed by atoms with van der Waals surface area (Å²) in [5, 5.41) is 3.08. The molecular formula is C25H28N2O3S. The molecule has 1 N–H and O–H groups in total. The number of sulfonamides is 1. The number of rotatable bonds is 7. The van der Waals surface area contributed by atoms with Gasteiger partial charge >= 0.3 is 0 Å². The molecule has 0 bridgehead atoms. The predicted molar refractivity (Wildman–Crippen MR) is 125 cm³/mol. The van der Waals surface area contributed by atoms with E-state index in [1.54, 1.807) is 48.5 Å². The largest absolute Gasteiger partial charge is 0.345 e. The smallest absolute Gasteiger partial charge is 0.264 e. The Morgan fingerprint density at radius 3 is 2.13 bits per heavy atom. The minimum atomic E-state index is -3.67. The number of nitrogens with zero attached hydrogens (tertiary/aromatic N) is 1. The summed E-state index contributed by atoms with van der Waals surface area (Å²) in [7, 11) is -2.16. The van der Waals surface area contributed by atoms with Crippen molar-refractivity contribution in [3.8, 4) is 0 Å². The molecule has 0 aliphatic carbocycles. The molecule has 0 radical (unpaired) electrons. The lowest BCUT2D eigenvalue weighted by Gasteiger charge is -2.21. The third-order valence-electron chi connectivity index (χ3n) is 5.45. The average Bonchev–Trinajstić information content (AvgIpc) is 2.77. The van der Waals surface area contributed by atoms with E-state index in [4.69, 9.17) is 0 Å². The molecular weight excluding hydrogens is 408 g/mol. The first-order valence-corrected chi connectivity index (χ1v) is 11.7. The van der Waals surface area contributed by atoms with Crippen LogP contribution in [0.2, 0.25) is 0 Å². The molecule has 6 heteroatoms. The molecule has 0 aromatic heterocycles. The Labute approximate surface area is 184 Å². The number of carbonyl (C=O) groups excluding carboxylic acids is 1. The number of benzene rings is 3. The summed E-state index contributed by atoms with van der Waals surface area (Å²) < 4.78 is 27.0. The number of nitrogens with one attached hydrogen (secondary N) is 1. The van der Waals surface area contributed by atoms with E-state index in [2.05, 4.69) is 5.32 Å². The van der Waals surface area contributed by atoms with Gasteiger partial charge in [0.05, 0.1) is 16.6 Å². The van der Waals surface area contributed by atoms with Gasteiger partial charge in [-0.05, 0) is 67.8 Å². The number of amides is 1. The number of carbonyl (C=O) groups is 1. The summed E-state index contributed by atoms with van der Waals surface area (Å²) >= 11 is 0. The van der Waals surface area contributed by atoms with Crippen LogP contribution in [0.1, 0.15) is 46.4 Å². The van der Waals surface area contributed by atoms with E-state index < -0.39 is 10.0 Å². The van der Waals surface area contributed by atoms with Gasteiger partial charge in [-0.2, -0.15) is 0 Å². The molecule has 0 heterocycles. The van der Waals surface area contributed by atoms with Crippen LogP contribution >= 0.6 is 0 Å². The van der Waals surface area contributed by atoms with Crippen LogP contribution in [0.25, 0.3) is 0 Å². The standard InChI is InChI=1S/C25H28N2O3S/c1-5-24(23-9-7-6-8-19(23)3)26-25(28)20-12-14-21(15-13-20)27(4)31(29,30)22-16-10-18(2)11-17-22/h6-17,24H,5H2,1-4H3,(H,26,28). The Morgan fingerprint density at radius 2 is 1.55 bits per heavy atom. The first-order chi connectivity index (χ1) is 14.7. The molecule has 0 fully saturated rings. The van der Waals surface area contributed by atoms with Crippen LogP contribution in [0.15, 0.2) is 77.7 Å². The van der Waals surface area contributed by atoms with Gasteiger partial charge in [-0.3, -0.25) is 9.10 Å². The maximum absolute atomic E-state index is 12.9. The van der Waals surface area contributed by atoms with Crippen molar-refractivity contribution in [1.82, 2.24) is 5.32 Å². The zero-order valence-electron chi connectivity index (χ0n) is 18.3. The van der Waals surface area contributed by atoms with E-state index in [1.165, 1.54) is 11.4 Å². The second-order valence-electron chi connectivity index (χ2n) is 7.62. The fraction of sp³-hybridized carbons (Fsp3) is 0.240. The van der Waals surface area contributed by atoms with Gasteiger partial charge in [-0.25, -0.2) is 8.42 Å². The lowest BCUT2D eigenvalue weighted by Crippen LogP contribution is -2.29. The van der Waals surface area contributed by atoms with Crippen molar-refractivity contribution in [2.75, 3.05) is 11.4 Å². The zero-order chi connectivity index (χ0) is 22.6. The second-order valence-corrected chi connectivity index (χ2v) is 9.59. The van der Waals surface area contributed by atoms with Gasteiger partial charge in [0.1, 0.15) is 0 Å². The van der Waals surface area contributed by atoms with E-state index in [1.807, 2.05) is 45.0 Å². The highest BCUT2D eigenvalue weighted by Crippen LogP contribution is 2.24. The molecule has 3 rings (SSSR count). The van der Waals surface area contributed by atoms with Crippen LogP contribution < -0.4 is 9.62 Å². The molecule has 0 saturated carbocycles. The first-order valence-electron chi connectivity index (χ1n) is 10.3. The van der Waals surface area contributed by atoms with Crippen LogP contribution in [0.4, 0.5) is 5.69 Å². The molecule has 1 unspecified atom stereocenters. The number of hydrogen-bond donors (Lipinski definition) is 1. The first kappa shape index (κ1) is 22.6. The third kappa shape index (κ3) is 4.97. The van der Waals surface area contributed by atoms with E-state index in [9.17, 15) is 13.2 Å². The number of hydrogen-bond acceptors (Lipinski definition) is 3. The lowest BCUT2D eigenvalue weighted by atomic mass is 9.99. The highest BCUT2D eigenvalue weighted by molar-refractivity contribution is 7.92. The molecule has 0 spiro atoms. The summed E-state index contributed by atoms with van der Waals surface area (Å²) in [5.74, 6) is -0.189. The van der Waals surface area contributed by atoms with Gasteiger partial charge in [-0.15, -0.1) is 0 Å². The van der Waals surface area contributed by atoms with Crippen LogP contribution in [-0.4, -0.2) is 21.4 Å². The van der Waals surface area contributed by atoms with Gasteiger partial charge in [0.2, 0.25) is 0 Å². The topological polar surface area (TPSA) is 66.5 Å². The molecule has 1 atom stereocenters. The minimum Gasteiger partial charge on any atom is -0.345 e. The lowest BCUT2D eigenvalue weighted by molar-refractivity contribution is 0.0935. The van der Waals surface area contributed by atoms with Crippen molar-refractivity contribution >= 4 is 21.6 Å². The fourth-order valence-corrected chi connectivity index (χ4v) is 4.64. The van der Waals surface area contributed by atoms with Crippen LogP contribution in [0.3, 0.4) is 0 Å². The van der Waals surface area contributed by atoms with Gasteiger partial charge in [0.15, 0.2) is 0 Å². The van der Waals surface area contributed by atoms with Crippen molar-refractivity contribution < 1.29 is 13.2 Å². The second kappa shape index (κ2) is 9.35. The minimum absolute atomic E-state index is 0.0852. The molecule has 162 valence electrons. The van der Waals surface area contributed by atoms with E-state index in [0.717, 1.165) is 23.1 Å². The molecule has 5 nitrogen and oxygen atoms in total. The molecule has 3 aromatic rings. The van der Waals surface area contributed by atoms with E-state index >= 15 is 0 Å². The Hall–Kier alpha value is -3.12. The van der Waals surface area contributed by atoms with Gasteiger partial charge in [0.25, 0.3) is 15.9 Å². The third-order valence-corrected chi connectivity index (χ3v) is 7.25. The maximum atomic E-state index is 12.9. The van der Waals surface area contributed by atoms with Crippen LogP contribution in [0.5, 0.6) is 0 Å². The monoisotopic (exact) mass is 436 g/mol. The van der Waals surface area contributed by atoms with Gasteiger partial charge < -0.3 is 5.32 Å². The summed E-state index contributed by atoms with van der Waals surface area (Å²) in [4.78, 5) is 13.0. The summed E-state index contributed by atoms with van der Waals surface area (Å²) in [6.07, 6.45) is 0.770. The number of aryl methyl sites for hydroxylation is 2. The van der Waals surface area contributed by atoms with Crippen LogP contribution in [0, 0.1) is 13.8 Å². The Kier molecular flexibility index (Phi) is 6.81. The normalized spacial score (nSPS) is 12.3. The van der Waals surface area contributed by atoms with Crippen LogP contribution in [-0.2, 0) is 10.0 Å². The maximum Gasteiger partial charge on any atom is 0.264 e. The molecule has 0 aliphatic heterocycles. The van der Waals surface area contributed by atoms with Crippen molar-refractivity contribution in [3.63, 3.8) is 0 Å². The quantitative estimate of drug-likeness (QED) is 0.566. The summed E-state index contributed by atoms with van der Waals surface area (Å²) in [5.41, 5.74) is 4.19. The Morgan fingerprint density at radius 1 is 0.935 bits per heavy atom. The van der Waals surface area contributed by atoms with Crippen molar-refractivity contribution in [2.24, 2.45) is 0 Å². The Bertz CT molecular complexity index is 1150. The molecule has 0 saturated heterocycles. The molecule has 1 amide bonds. The molecule has 31 heavy (non-hydrogen) atoms. The van der Waals surface area contributed by atoms with Gasteiger partial charge in [0, 0.05) is 12.6 Å². The average molecular weight is 437 g/mol. The van der Waals surface area contributed by atoms with Gasteiger partial charge in [-0.1, -0.05) is 48.9 Å². The van der Waals surface area contributed by atoms with Crippen molar-refractivity contribution in [3.05, 3.63) is 95.1 Å². The Balaban J connectivity index is 1.76. The fourth-order valence-electron chi connectivity index (χ4n) is 3.45. The van der Waals surface area contributed by atoms with Crippen molar-refractivity contribution in [2.45, 2.75) is 38.1 Å². The highest BCUT2D eigenvalue weighted by atomic mass is 32.2. The molecule has 0 aliphatic rings. The molecule has 3 aromatic carbocycles. The predicted octanol–water partition coefficient (Wildman–Crippen LogP) is 5.01.